The Morgan fingerprint density at radius 2 is 1.75 bits per heavy atom. The van der Waals surface area contributed by atoms with Gasteiger partial charge in [0.05, 0.1) is 0 Å². The average molecular weight is 336 g/mol. The molecule has 0 amide bonds. The third kappa shape index (κ3) is 2.87. The molecule has 124 valence electrons. The zero-order valence-corrected chi connectivity index (χ0v) is 15.7. The Labute approximate surface area is 148 Å². The number of aromatic hydroxyl groups is 1. The lowest BCUT2D eigenvalue weighted by Crippen LogP contribution is -1.96. The quantitative estimate of drug-likeness (QED) is 0.573. The number of thiophene rings is 1. The van der Waals surface area contributed by atoms with Gasteiger partial charge in [0.2, 0.25) is 0 Å². The molecule has 0 aliphatic heterocycles. The normalized spacial score (nSPS) is 11.2. The summed E-state index contributed by atoms with van der Waals surface area (Å²) in [6.07, 6.45) is 2.13. The smallest absolute Gasteiger partial charge is 0.117 e. The molecule has 0 saturated heterocycles. The second-order valence-electron chi connectivity index (χ2n) is 6.59. The molecule has 0 unspecified atom stereocenters. The maximum absolute atomic E-state index is 9.82. The van der Waals surface area contributed by atoms with Gasteiger partial charge in [-0.25, -0.2) is 0 Å². The minimum Gasteiger partial charge on any atom is -0.508 e. The molecule has 3 aromatic rings. The molecule has 0 aliphatic carbocycles. The van der Waals surface area contributed by atoms with Crippen molar-refractivity contribution in [1.29, 1.82) is 0 Å². The van der Waals surface area contributed by atoms with Crippen LogP contribution in [0.3, 0.4) is 0 Å². The van der Waals surface area contributed by atoms with Gasteiger partial charge < -0.3 is 5.11 Å². The van der Waals surface area contributed by atoms with Crippen LogP contribution in [0.4, 0.5) is 0 Å². The number of hydrogen-bond donors (Lipinski definition) is 1. The molecule has 3 rings (SSSR count). The van der Waals surface area contributed by atoms with Crippen LogP contribution in [0, 0.1) is 20.8 Å². The topological polar surface area (TPSA) is 20.2 Å². The monoisotopic (exact) mass is 336 g/mol. The van der Waals surface area contributed by atoms with Gasteiger partial charge >= 0.3 is 0 Å². The Balaban J connectivity index is 2.22. The van der Waals surface area contributed by atoms with E-state index in [0.29, 0.717) is 5.75 Å². The van der Waals surface area contributed by atoms with E-state index in [4.69, 9.17) is 0 Å². The SMILES string of the molecule is C=C(c1sc2cc(O)ccc2c1CCC)c1c(C)cc(C)cc1C. The summed E-state index contributed by atoms with van der Waals surface area (Å²) in [7, 11) is 0. The second-order valence-corrected chi connectivity index (χ2v) is 7.64. The molecule has 0 radical (unpaired) electrons. The summed E-state index contributed by atoms with van der Waals surface area (Å²) in [6, 6.07) is 10.1. The minimum absolute atomic E-state index is 0.326. The number of hydrogen-bond acceptors (Lipinski definition) is 2. The van der Waals surface area contributed by atoms with E-state index in [9.17, 15) is 5.11 Å². The fourth-order valence-corrected chi connectivity index (χ4v) is 4.91. The highest BCUT2D eigenvalue weighted by atomic mass is 32.1. The Morgan fingerprint density at radius 3 is 2.38 bits per heavy atom. The number of rotatable bonds is 4. The van der Waals surface area contributed by atoms with E-state index < -0.39 is 0 Å². The van der Waals surface area contributed by atoms with E-state index in [2.05, 4.69) is 46.4 Å². The van der Waals surface area contributed by atoms with Crippen LogP contribution >= 0.6 is 11.3 Å². The maximum Gasteiger partial charge on any atom is 0.117 e. The van der Waals surface area contributed by atoms with Crippen LogP contribution in [0.5, 0.6) is 5.75 Å². The number of phenols is 1. The molecule has 0 bridgehead atoms. The van der Waals surface area contributed by atoms with Gasteiger partial charge in [0.15, 0.2) is 0 Å². The number of aryl methyl sites for hydroxylation is 4. The van der Waals surface area contributed by atoms with Gasteiger partial charge in [-0.2, -0.15) is 0 Å². The van der Waals surface area contributed by atoms with E-state index in [-0.39, 0.29) is 0 Å². The summed E-state index contributed by atoms with van der Waals surface area (Å²) in [4.78, 5) is 1.26. The van der Waals surface area contributed by atoms with E-state index >= 15 is 0 Å². The highest BCUT2D eigenvalue weighted by Crippen LogP contribution is 2.41. The first-order valence-corrected chi connectivity index (χ1v) is 9.26. The molecule has 24 heavy (non-hydrogen) atoms. The Bertz CT molecular complexity index is 908. The third-order valence-electron chi connectivity index (χ3n) is 4.53. The zero-order chi connectivity index (χ0) is 17.4. The summed E-state index contributed by atoms with van der Waals surface area (Å²) in [5, 5.41) is 11.1. The molecule has 1 aromatic heterocycles. The van der Waals surface area contributed by atoms with Gasteiger partial charge in [-0.1, -0.05) is 37.6 Å². The van der Waals surface area contributed by atoms with Gasteiger partial charge in [0.25, 0.3) is 0 Å². The van der Waals surface area contributed by atoms with Crippen LogP contribution in [0.15, 0.2) is 36.9 Å². The van der Waals surface area contributed by atoms with E-state index in [0.717, 1.165) is 23.1 Å². The van der Waals surface area contributed by atoms with Crippen molar-refractivity contribution < 1.29 is 5.11 Å². The molecule has 1 nitrogen and oxygen atoms in total. The Hall–Kier alpha value is -2.06. The van der Waals surface area contributed by atoms with Gasteiger partial charge in [-0.15, -0.1) is 11.3 Å². The predicted octanol–water partition coefficient (Wildman–Crippen LogP) is 6.55. The molecule has 2 aromatic carbocycles. The lowest BCUT2D eigenvalue weighted by atomic mass is 9.91. The van der Waals surface area contributed by atoms with Crippen LogP contribution in [0.25, 0.3) is 15.7 Å². The number of benzene rings is 2. The van der Waals surface area contributed by atoms with Crippen molar-refractivity contribution in [3.05, 3.63) is 69.6 Å². The lowest BCUT2D eigenvalue weighted by Gasteiger charge is -2.14. The molecular formula is C22H24OS. The Morgan fingerprint density at radius 1 is 1.08 bits per heavy atom. The molecule has 0 atom stereocenters. The van der Waals surface area contributed by atoms with Crippen molar-refractivity contribution in [1.82, 2.24) is 0 Å². The first-order chi connectivity index (χ1) is 11.4. The van der Waals surface area contributed by atoms with Crippen LogP contribution in [-0.2, 0) is 6.42 Å². The van der Waals surface area contributed by atoms with Crippen molar-refractivity contribution >= 4 is 27.0 Å². The number of fused-ring (bicyclic) bond motifs is 1. The van der Waals surface area contributed by atoms with Crippen LogP contribution < -0.4 is 0 Å². The van der Waals surface area contributed by atoms with Crippen LogP contribution in [0.2, 0.25) is 0 Å². The van der Waals surface area contributed by atoms with Crippen LogP contribution in [0.1, 0.15) is 46.0 Å². The van der Waals surface area contributed by atoms with Gasteiger partial charge in [-0.3, -0.25) is 0 Å². The second kappa shape index (κ2) is 6.45. The van der Waals surface area contributed by atoms with E-state index in [1.165, 1.54) is 38.1 Å². The van der Waals surface area contributed by atoms with Crippen molar-refractivity contribution in [3.8, 4) is 5.75 Å². The molecule has 0 saturated carbocycles. The fourth-order valence-electron chi connectivity index (χ4n) is 3.65. The highest BCUT2D eigenvalue weighted by molar-refractivity contribution is 7.20. The summed E-state index contributed by atoms with van der Waals surface area (Å²) < 4.78 is 1.14. The Kier molecular flexibility index (Phi) is 4.51. The lowest BCUT2D eigenvalue weighted by molar-refractivity contribution is 0.476. The van der Waals surface area contributed by atoms with Crippen molar-refractivity contribution in [2.75, 3.05) is 0 Å². The van der Waals surface area contributed by atoms with Gasteiger partial charge in [-0.05, 0) is 78.6 Å². The van der Waals surface area contributed by atoms with Crippen molar-refractivity contribution in [2.24, 2.45) is 0 Å². The van der Waals surface area contributed by atoms with E-state index in [1.54, 1.807) is 17.4 Å². The summed E-state index contributed by atoms with van der Waals surface area (Å²) in [5.74, 6) is 0.326. The van der Waals surface area contributed by atoms with E-state index in [1.807, 2.05) is 12.1 Å². The molecule has 2 heteroatoms. The summed E-state index contributed by atoms with van der Waals surface area (Å²) in [6.45, 7) is 13.1. The first kappa shape index (κ1) is 16.8. The molecule has 0 fully saturated rings. The first-order valence-electron chi connectivity index (χ1n) is 8.44. The standard InChI is InChI=1S/C22H24OS/c1-6-7-19-18-9-8-17(23)12-20(18)24-22(19)16(5)21-14(3)10-13(2)11-15(21)4/h8-12,23H,5-7H2,1-4H3. The largest absolute Gasteiger partial charge is 0.508 e. The average Bonchev–Trinajstić information content (AvgIpc) is 2.84. The molecule has 1 N–H and O–H groups in total. The predicted molar refractivity (Wildman–Crippen MR) is 106 cm³/mol. The zero-order valence-electron chi connectivity index (χ0n) is 14.9. The fraction of sp³-hybridized carbons (Fsp3) is 0.273. The summed E-state index contributed by atoms with van der Waals surface area (Å²) in [5.41, 5.74) is 7.57. The molecular weight excluding hydrogens is 312 g/mol. The molecule has 0 spiro atoms. The third-order valence-corrected chi connectivity index (χ3v) is 5.78. The molecule has 0 aliphatic rings. The van der Waals surface area contributed by atoms with Gasteiger partial charge in [0, 0.05) is 9.58 Å². The van der Waals surface area contributed by atoms with Gasteiger partial charge in [0.1, 0.15) is 5.75 Å². The minimum atomic E-state index is 0.326. The summed E-state index contributed by atoms with van der Waals surface area (Å²) >= 11 is 1.74. The van der Waals surface area contributed by atoms with Crippen molar-refractivity contribution in [2.45, 2.75) is 40.5 Å². The van der Waals surface area contributed by atoms with Crippen LogP contribution in [-0.4, -0.2) is 5.11 Å². The highest BCUT2D eigenvalue weighted by Gasteiger charge is 2.18. The number of phenolic OH excluding ortho intramolecular Hbond substituents is 1. The van der Waals surface area contributed by atoms with Crippen molar-refractivity contribution in [3.63, 3.8) is 0 Å². The maximum atomic E-state index is 9.82. The molecule has 1 heterocycles.